The summed E-state index contributed by atoms with van der Waals surface area (Å²) in [5, 5.41) is 56.8. The van der Waals surface area contributed by atoms with Gasteiger partial charge in [-0.2, -0.15) is 0 Å². The van der Waals surface area contributed by atoms with E-state index >= 15 is 4.79 Å². The second kappa shape index (κ2) is 19.3. The molecule has 18 nitrogen and oxygen atoms in total. The fraction of sp³-hybridized carbons (Fsp3) is 0.615. The molecule has 6 heterocycles. The summed E-state index contributed by atoms with van der Waals surface area (Å²) in [6.07, 6.45) is 5.01. The minimum absolute atomic E-state index is 0.0263. The Bertz CT molecular complexity index is 2500. The number of benzene rings is 2. The maximum Gasteiger partial charge on any atom is 0.322 e. The monoisotopic (exact) mass is 970 g/mol. The van der Waals surface area contributed by atoms with E-state index in [1.165, 1.54) is 0 Å². The van der Waals surface area contributed by atoms with E-state index in [4.69, 9.17) is 15.2 Å². The number of nitrogens with one attached hydrogen (secondary N) is 3. The summed E-state index contributed by atoms with van der Waals surface area (Å²) in [5.74, 6) is -1.35. The van der Waals surface area contributed by atoms with Crippen LogP contribution in [0.15, 0.2) is 48.6 Å². The summed E-state index contributed by atoms with van der Waals surface area (Å²) < 4.78 is 16.1. The lowest BCUT2D eigenvalue weighted by molar-refractivity contribution is -0.203. The van der Waals surface area contributed by atoms with Crippen LogP contribution in [-0.4, -0.2) is 168 Å². The Balaban J connectivity index is 1.14. The number of esters is 1. The first-order chi connectivity index (χ1) is 33.6. The van der Waals surface area contributed by atoms with Gasteiger partial charge >= 0.3 is 5.97 Å². The van der Waals surface area contributed by atoms with E-state index < -0.39 is 63.7 Å². The number of piperidine rings is 1. The molecule has 0 radical (unpaired) electrons. The molecule has 8 unspecified atom stereocenters. The van der Waals surface area contributed by atoms with Gasteiger partial charge in [-0.1, -0.05) is 50.3 Å². The average Bonchev–Trinajstić information content (AvgIpc) is 4.02. The quantitative estimate of drug-likeness (QED) is 0.0223. The highest BCUT2D eigenvalue weighted by atomic mass is 16.5. The molecule has 70 heavy (non-hydrogen) atoms. The van der Waals surface area contributed by atoms with Gasteiger partial charge < -0.3 is 49.8 Å². The number of nitrogens with zero attached hydrogens (tertiary/aromatic N) is 3. The number of likely N-dealkylation sites (N-methyl/N-ethyl adjacent to an activating group) is 1. The molecule has 12 atom stereocenters. The van der Waals surface area contributed by atoms with Crippen LogP contribution in [0.25, 0.3) is 10.9 Å². The van der Waals surface area contributed by atoms with Crippen molar-refractivity contribution in [2.45, 2.75) is 125 Å². The molecule has 380 valence electrons. The fourth-order valence-electron chi connectivity index (χ4n) is 14.4. The number of amides is 1. The van der Waals surface area contributed by atoms with Crippen LogP contribution in [0.4, 0.5) is 5.69 Å². The van der Waals surface area contributed by atoms with Crippen LogP contribution >= 0.6 is 0 Å². The molecule has 9 rings (SSSR count). The van der Waals surface area contributed by atoms with Crippen LogP contribution in [0, 0.1) is 11.3 Å². The first kappa shape index (κ1) is 50.0. The van der Waals surface area contributed by atoms with E-state index in [2.05, 4.69) is 48.4 Å². The Kier molecular flexibility index (Phi) is 13.8. The lowest BCUT2D eigenvalue weighted by Crippen LogP contribution is -2.81. The number of fused-ring (bicyclic) bond motifs is 6. The molecule has 1 saturated carbocycles. The van der Waals surface area contributed by atoms with Crippen LogP contribution in [0.2, 0.25) is 0 Å². The molecule has 6 aliphatic rings. The maximum atomic E-state index is 15.0. The van der Waals surface area contributed by atoms with Gasteiger partial charge in [0.25, 0.3) is 18.9 Å². The van der Waals surface area contributed by atoms with E-state index in [-0.39, 0.29) is 57.8 Å². The number of hydrogen-bond donors (Lipinski definition) is 8. The van der Waals surface area contributed by atoms with Gasteiger partial charge in [0.2, 0.25) is 0 Å². The lowest BCUT2D eigenvalue weighted by Gasteiger charge is -2.63. The number of carbonyl (C=O) groups is 4. The van der Waals surface area contributed by atoms with Gasteiger partial charge in [0.1, 0.15) is 18.8 Å². The van der Waals surface area contributed by atoms with Crippen molar-refractivity contribution >= 4 is 41.4 Å². The second-order valence-corrected chi connectivity index (χ2v) is 21.0. The van der Waals surface area contributed by atoms with Crippen LogP contribution < -0.4 is 21.3 Å². The van der Waals surface area contributed by atoms with Gasteiger partial charge in [-0.05, 0) is 98.7 Å². The molecule has 1 aromatic heterocycles. The standard InChI is InChI=1S/C52H71N7O11/c1-5-48(66)23-33-24-50(29-68-30-61,42-36(13-18-58(26-33)28-48)35-11-7-8-12-39(35)56-42)37-22-38-40(21-34(37)27-60)57(4)45-51(38)15-19-59-17-9-14-49(6-2,44(51)59)46(64)52(45,67)47(65)54-16-10-20-69-43(63)32(3)55-25-41(53)70-31-62/h7-9,11-12,14,21-22,30-33,41,44-46,55-56,60,64,66-67H,5-6,10,13,15-20,23-29,53H2,1-4H3,(H,54,65)/t32?,33?,41?,44?,45?,46-,48?,49-,50+,51?,52+/m1/s1. The first-order valence-corrected chi connectivity index (χ1v) is 25.1. The van der Waals surface area contributed by atoms with E-state index in [1.807, 2.05) is 56.1 Å². The lowest BCUT2D eigenvalue weighted by atomic mass is 9.47. The number of para-hydroxylation sites is 1. The molecule has 2 bridgehead atoms. The Labute approximate surface area is 408 Å². The number of aliphatic hydroxyl groups excluding tert-OH is 2. The molecule has 3 aromatic rings. The number of hydrogen-bond acceptors (Lipinski definition) is 16. The molecule has 2 saturated heterocycles. The van der Waals surface area contributed by atoms with Crippen molar-refractivity contribution in [3.63, 3.8) is 0 Å². The molecule has 1 spiro atoms. The number of aromatic amines is 1. The molecular formula is C52H71N7O11. The van der Waals surface area contributed by atoms with Crippen molar-refractivity contribution in [3.05, 3.63) is 76.5 Å². The van der Waals surface area contributed by atoms with Gasteiger partial charge in [-0.15, -0.1) is 0 Å². The van der Waals surface area contributed by atoms with Crippen molar-refractivity contribution < 1.29 is 53.8 Å². The third-order valence-electron chi connectivity index (χ3n) is 17.4. The molecule has 1 aliphatic carbocycles. The van der Waals surface area contributed by atoms with Crippen LogP contribution in [0.3, 0.4) is 0 Å². The molecule has 2 aromatic carbocycles. The Morgan fingerprint density at radius 1 is 1.06 bits per heavy atom. The topological polar surface area (TPSA) is 252 Å². The summed E-state index contributed by atoms with van der Waals surface area (Å²) >= 11 is 0. The van der Waals surface area contributed by atoms with Crippen LogP contribution in [0.1, 0.15) is 87.2 Å². The number of anilines is 1. The summed E-state index contributed by atoms with van der Waals surface area (Å²) in [6.45, 7) is 9.17. The van der Waals surface area contributed by atoms with Crippen molar-refractivity contribution in [2.75, 3.05) is 71.0 Å². The fourth-order valence-corrected chi connectivity index (χ4v) is 14.4. The predicted molar refractivity (Wildman–Crippen MR) is 259 cm³/mol. The predicted octanol–water partition coefficient (Wildman–Crippen LogP) is 1.22. The normalized spacial score (nSPS) is 33.9. The van der Waals surface area contributed by atoms with Gasteiger partial charge in [0.05, 0.1) is 30.3 Å². The number of H-pyrrole nitrogens is 1. The summed E-state index contributed by atoms with van der Waals surface area (Å²) in [6, 6.07) is 10.2. The molecule has 1 amide bonds. The molecule has 9 N–H and O–H groups in total. The zero-order valence-corrected chi connectivity index (χ0v) is 40.8. The van der Waals surface area contributed by atoms with Crippen LogP contribution in [-0.2, 0) is 57.2 Å². The summed E-state index contributed by atoms with van der Waals surface area (Å²) in [4.78, 5) is 61.3. The number of aliphatic hydroxyl groups is 4. The van der Waals surface area contributed by atoms with Crippen molar-refractivity contribution in [2.24, 2.45) is 17.1 Å². The highest BCUT2D eigenvalue weighted by molar-refractivity contribution is 5.91. The van der Waals surface area contributed by atoms with Gasteiger partial charge in [-0.3, -0.25) is 40.0 Å². The van der Waals surface area contributed by atoms with E-state index in [1.54, 1.807) is 6.92 Å². The van der Waals surface area contributed by atoms with Crippen molar-refractivity contribution in [3.8, 4) is 0 Å². The molecular weight excluding hydrogens is 899 g/mol. The Hall–Kier alpha value is -4.92. The zero-order valence-electron chi connectivity index (χ0n) is 40.8. The van der Waals surface area contributed by atoms with E-state index in [9.17, 15) is 34.8 Å². The average molecular weight is 970 g/mol. The number of carbonyl (C=O) groups excluding carboxylic acids is 4. The summed E-state index contributed by atoms with van der Waals surface area (Å²) in [7, 11) is 1.85. The highest BCUT2D eigenvalue weighted by Crippen LogP contribution is 2.67. The Morgan fingerprint density at radius 3 is 2.60 bits per heavy atom. The first-order valence-electron chi connectivity index (χ1n) is 25.1. The molecule has 3 fully saturated rings. The number of rotatable bonds is 18. The number of nitrogens with two attached hydrogens (primary N) is 1. The van der Waals surface area contributed by atoms with E-state index in [0.717, 1.165) is 52.1 Å². The van der Waals surface area contributed by atoms with E-state index in [0.29, 0.717) is 70.2 Å². The van der Waals surface area contributed by atoms with Gasteiger partial charge in [-0.25, -0.2) is 0 Å². The van der Waals surface area contributed by atoms with Gasteiger partial charge in [0.15, 0.2) is 11.8 Å². The smallest absolute Gasteiger partial charge is 0.322 e. The number of ether oxygens (including phenoxy) is 3. The van der Waals surface area contributed by atoms with Crippen LogP contribution in [0.5, 0.6) is 0 Å². The highest BCUT2D eigenvalue weighted by Gasteiger charge is 2.78. The maximum absolute atomic E-state index is 15.0. The van der Waals surface area contributed by atoms with Gasteiger partial charge in [0, 0.05) is 85.5 Å². The second-order valence-electron chi connectivity index (χ2n) is 21.0. The largest absolute Gasteiger partial charge is 0.467 e. The molecule has 18 heteroatoms. The number of aromatic nitrogens is 1. The third-order valence-corrected chi connectivity index (χ3v) is 17.4. The Morgan fingerprint density at radius 2 is 1.86 bits per heavy atom. The van der Waals surface area contributed by atoms with Crippen molar-refractivity contribution in [1.82, 2.24) is 25.4 Å². The SMILES string of the molecule is CCC1(O)CC2CN(CCc3c([nH]c4ccccc34)[C@@](COC=O)(c3cc4c(cc3CO)N(C)C3C45CCN4CC=C[C@](CC)(C45)[C@@H](O)[C@]3(O)C(=O)NCCCOC(=O)C(C)NCC(N)OC=O)C2)C1. The summed E-state index contributed by atoms with van der Waals surface area (Å²) in [5.41, 5.74) is 5.24. The minimum atomic E-state index is -2.37. The minimum Gasteiger partial charge on any atom is -0.467 e. The zero-order chi connectivity index (χ0) is 49.8. The third kappa shape index (κ3) is 7.84. The molecule has 5 aliphatic heterocycles. The van der Waals surface area contributed by atoms with Crippen molar-refractivity contribution in [1.29, 1.82) is 0 Å².